The van der Waals surface area contributed by atoms with E-state index in [1.54, 1.807) is 28.1 Å². The van der Waals surface area contributed by atoms with Gasteiger partial charge < -0.3 is 4.90 Å². The van der Waals surface area contributed by atoms with E-state index in [-0.39, 0.29) is 5.96 Å². The maximum Gasteiger partial charge on any atom is 0.203 e. The van der Waals surface area contributed by atoms with Gasteiger partial charge >= 0.3 is 0 Å². The molecule has 0 aliphatic rings. The van der Waals surface area contributed by atoms with Crippen LogP contribution in [0.15, 0.2) is 54.9 Å². The second-order valence-corrected chi connectivity index (χ2v) is 7.39. The number of hydrogen-bond donors (Lipinski definition) is 1. The molecule has 2 heterocycles. The highest BCUT2D eigenvalue weighted by molar-refractivity contribution is 6.42. The second kappa shape index (κ2) is 8.59. The van der Waals surface area contributed by atoms with Gasteiger partial charge in [0, 0.05) is 44.3 Å². The average Bonchev–Trinajstić information content (AvgIpc) is 2.68. The number of hydrogen-bond acceptors (Lipinski definition) is 3. The summed E-state index contributed by atoms with van der Waals surface area (Å²) in [5.74, 6) is 0.972. The van der Waals surface area contributed by atoms with Gasteiger partial charge in [0.1, 0.15) is 5.82 Å². The van der Waals surface area contributed by atoms with E-state index in [9.17, 15) is 0 Å². The lowest BCUT2D eigenvalue weighted by Crippen LogP contribution is -2.40. The fourth-order valence-corrected chi connectivity index (χ4v) is 3.14. The zero-order valence-electron chi connectivity index (χ0n) is 15.9. The highest BCUT2D eigenvalue weighted by Gasteiger charge is 2.16. The lowest BCUT2D eigenvalue weighted by atomic mass is 10.1. The molecule has 0 amide bonds. The SMILES string of the molecule is Cc1cc(Cc2cccnc2)nc(N(C)C(=N)N(C)c2ccc(Cl)c(Cl)c2)c1. The first-order valence-corrected chi connectivity index (χ1v) is 9.48. The Labute approximate surface area is 175 Å². The molecule has 0 saturated heterocycles. The van der Waals surface area contributed by atoms with Crippen molar-refractivity contribution in [3.05, 3.63) is 81.7 Å². The van der Waals surface area contributed by atoms with Crippen molar-refractivity contribution < 1.29 is 0 Å². The minimum Gasteiger partial charge on any atom is -0.315 e. The quantitative estimate of drug-likeness (QED) is 0.472. The number of pyridine rings is 2. The van der Waals surface area contributed by atoms with E-state index in [4.69, 9.17) is 33.6 Å². The van der Waals surface area contributed by atoms with E-state index in [2.05, 4.69) is 11.1 Å². The van der Waals surface area contributed by atoms with Gasteiger partial charge in [-0.15, -0.1) is 0 Å². The summed E-state index contributed by atoms with van der Waals surface area (Å²) >= 11 is 12.1. The van der Waals surface area contributed by atoms with Crippen LogP contribution in [0.2, 0.25) is 10.0 Å². The van der Waals surface area contributed by atoms with E-state index in [1.807, 2.05) is 51.5 Å². The van der Waals surface area contributed by atoms with Crippen molar-refractivity contribution in [3.8, 4) is 0 Å². The number of anilines is 2. The van der Waals surface area contributed by atoms with Crippen LogP contribution in [0.25, 0.3) is 0 Å². The van der Waals surface area contributed by atoms with Crippen molar-refractivity contribution in [2.45, 2.75) is 13.3 Å². The van der Waals surface area contributed by atoms with Gasteiger partial charge in [0.05, 0.1) is 10.0 Å². The third-order valence-corrected chi connectivity index (χ3v) is 5.13. The molecule has 1 N–H and O–H groups in total. The molecule has 0 bridgehead atoms. The fraction of sp³-hybridized carbons (Fsp3) is 0.190. The molecular formula is C21H21Cl2N5. The number of aromatic nitrogens is 2. The number of nitrogens with zero attached hydrogens (tertiary/aromatic N) is 4. The van der Waals surface area contributed by atoms with Crippen LogP contribution in [0, 0.1) is 12.3 Å². The van der Waals surface area contributed by atoms with Gasteiger partial charge in [-0.1, -0.05) is 29.3 Å². The normalized spacial score (nSPS) is 10.6. The summed E-state index contributed by atoms with van der Waals surface area (Å²) in [6.07, 6.45) is 4.28. The standard InChI is InChI=1S/C21H21Cl2N5/c1-14-9-16(11-15-5-4-8-25-13-15)26-20(10-14)28(3)21(24)27(2)17-6-7-18(22)19(23)12-17/h4-10,12-13,24H,11H2,1-3H3. The third-order valence-electron chi connectivity index (χ3n) is 4.39. The monoisotopic (exact) mass is 413 g/mol. The number of halogens is 2. The van der Waals surface area contributed by atoms with Crippen LogP contribution in [0.4, 0.5) is 11.5 Å². The first kappa shape index (κ1) is 20.1. The molecule has 0 aliphatic heterocycles. The molecule has 3 rings (SSSR count). The van der Waals surface area contributed by atoms with Crippen molar-refractivity contribution in [2.24, 2.45) is 0 Å². The molecule has 0 aliphatic carbocycles. The lowest BCUT2D eigenvalue weighted by molar-refractivity contribution is 1.01. The molecule has 2 aromatic heterocycles. The summed E-state index contributed by atoms with van der Waals surface area (Å²) in [6, 6.07) is 13.2. The van der Waals surface area contributed by atoms with Crippen LogP contribution >= 0.6 is 23.2 Å². The minimum absolute atomic E-state index is 0.267. The summed E-state index contributed by atoms with van der Waals surface area (Å²) in [5, 5.41) is 9.53. The van der Waals surface area contributed by atoms with Gasteiger partial charge in [-0.2, -0.15) is 0 Å². The predicted molar refractivity (Wildman–Crippen MR) is 117 cm³/mol. The maximum absolute atomic E-state index is 8.59. The number of benzene rings is 1. The summed E-state index contributed by atoms with van der Waals surface area (Å²) in [4.78, 5) is 12.4. The van der Waals surface area contributed by atoms with Crippen LogP contribution < -0.4 is 9.80 Å². The van der Waals surface area contributed by atoms with Gasteiger partial charge in [0.15, 0.2) is 0 Å². The van der Waals surface area contributed by atoms with Crippen molar-refractivity contribution in [1.82, 2.24) is 9.97 Å². The topological polar surface area (TPSA) is 56.1 Å². The lowest BCUT2D eigenvalue weighted by Gasteiger charge is -2.28. The summed E-state index contributed by atoms with van der Waals surface area (Å²) in [7, 11) is 3.64. The highest BCUT2D eigenvalue weighted by atomic mass is 35.5. The number of guanidine groups is 1. The van der Waals surface area contributed by atoms with E-state index in [1.165, 1.54) is 0 Å². The van der Waals surface area contributed by atoms with Crippen LogP contribution in [0.3, 0.4) is 0 Å². The molecule has 0 atom stereocenters. The highest BCUT2D eigenvalue weighted by Crippen LogP contribution is 2.27. The molecular weight excluding hydrogens is 393 g/mol. The fourth-order valence-electron chi connectivity index (χ4n) is 2.84. The van der Waals surface area contributed by atoms with Crippen LogP contribution in [-0.2, 0) is 6.42 Å². The Bertz CT molecular complexity index is 991. The smallest absolute Gasteiger partial charge is 0.203 e. The van der Waals surface area contributed by atoms with E-state index in [0.717, 1.165) is 22.5 Å². The Balaban J connectivity index is 1.83. The van der Waals surface area contributed by atoms with Gasteiger partial charge in [0.2, 0.25) is 5.96 Å². The summed E-state index contributed by atoms with van der Waals surface area (Å²) in [5.41, 5.74) is 3.88. The largest absolute Gasteiger partial charge is 0.315 e. The minimum atomic E-state index is 0.267. The Morgan fingerprint density at radius 2 is 1.82 bits per heavy atom. The van der Waals surface area contributed by atoms with Gasteiger partial charge in [-0.3, -0.25) is 15.3 Å². The molecule has 1 aromatic carbocycles. The Hall–Kier alpha value is -2.63. The second-order valence-electron chi connectivity index (χ2n) is 6.57. The van der Waals surface area contributed by atoms with Crippen LogP contribution in [0.1, 0.15) is 16.8 Å². The van der Waals surface area contributed by atoms with Gasteiger partial charge in [0.25, 0.3) is 0 Å². The molecule has 0 saturated carbocycles. The van der Waals surface area contributed by atoms with Crippen LogP contribution in [-0.4, -0.2) is 30.0 Å². The Kier molecular flexibility index (Phi) is 6.17. The summed E-state index contributed by atoms with van der Waals surface area (Å²) in [6.45, 7) is 2.03. The van der Waals surface area contributed by atoms with Crippen molar-refractivity contribution in [1.29, 1.82) is 5.41 Å². The molecule has 0 spiro atoms. The number of nitrogens with one attached hydrogen (secondary N) is 1. The molecule has 7 heteroatoms. The molecule has 3 aromatic rings. The first-order chi connectivity index (χ1) is 13.3. The van der Waals surface area contributed by atoms with Gasteiger partial charge in [-0.25, -0.2) is 4.98 Å². The van der Waals surface area contributed by atoms with Crippen molar-refractivity contribution in [2.75, 3.05) is 23.9 Å². The molecule has 144 valence electrons. The van der Waals surface area contributed by atoms with Gasteiger partial charge in [-0.05, 0) is 54.4 Å². The van der Waals surface area contributed by atoms with Crippen molar-refractivity contribution in [3.63, 3.8) is 0 Å². The van der Waals surface area contributed by atoms with E-state index < -0.39 is 0 Å². The number of rotatable bonds is 4. The molecule has 0 radical (unpaired) electrons. The Morgan fingerprint density at radius 3 is 2.50 bits per heavy atom. The van der Waals surface area contributed by atoms with Crippen molar-refractivity contribution >= 4 is 40.7 Å². The first-order valence-electron chi connectivity index (χ1n) is 8.72. The molecule has 28 heavy (non-hydrogen) atoms. The third kappa shape index (κ3) is 4.61. The number of aryl methyl sites for hydroxylation is 1. The van der Waals surface area contributed by atoms with E-state index >= 15 is 0 Å². The van der Waals surface area contributed by atoms with Crippen LogP contribution in [0.5, 0.6) is 0 Å². The Morgan fingerprint density at radius 1 is 1.04 bits per heavy atom. The molecule has 0 fully saturated rings. The predicted octanol–water partition coefficient (Wildman–Crippen LogP) is 5.19. The van der Waals surface area contributed by atoms with E-state index in [0.29, 0.717) is 22.3 Å². The summed E-state index contributed by atoms with van der Waals surface area (Å²) < 4.78 is 0. The zero-order valence-corrected chi connectivity index (χ0v) is 17.5. The zero-order chi connectivity index (χ0) is 20.3. The maximum atomic E-state index is 8.59. The molecule has 5 nitrogen and oxygen atoms in total. The average molecular weight is 414 g/mol. The molecule has 0 unspecified atom stereocenters.